The fourth-order valence-corrected chi connectivity index (χ4v) is 3.96. The number of rotatable bonds is 5. The molecule has 1 N–H and O–H groups in total. The first-order valence-electron chi connectivity index (χ1n) is 9.54. The highest BCUT2D eigenvalue weighted by atomic mass is 16.5. The molecule has 29 heavy (non-hydrogen) atoms. The first kappa shape index (κ1) is 19.2. The van der Waals surface area contributed by atoms with Crippen LogP contribution in [-0.4, -0.2) is 37.8 Å². The van der Waals surface area contributed by atoms with Gasteiger partial charge in [0.15, 0.2) is 17.3 Å². The summed E-state index contributed by atoms with van der Waals surface area (Å²) in [5, 5.41) is 10.8. The molecule has 6 heteroatoms. The van der Waals surface area contributed by atoms with E-state index in [1.807, 2.05) is 6.92 Å². The molecule has 0 bridgehead atoms. The molecule has 2 aliphatic rings. The number of Topliss-reactive ketones (excluding diaryl/α,β-unsaturated/α-hetero) is 1. The number of benzene rings is 2. The number of hydrogen-bond acceptors (Lipinski definition) is 6. The Kier molecular flexibility index (Phi) is 4.86. The Bertz CT molecular complexity index is 993. The van der Waals surface area contributed by atoms with Crippen molar-refractivity contribution in [2.75, 3.05) is 20.8 Å². The summed E-state index contributed by atoms with van der Waals surface area (Å²) >= 11 is 0. The van der Waals surface area contributed by atoms with Crippen LogP contribution in [0.4, 0.5) is 0 Å². The van der Waals surface area contributed by atoms with Crippen LogP contribution in [0.5, 0.6) is 28.7 Å². The van der Waals surface area contributed by atoms with Gasteiger partial charge in [-0.3, -0.25) is 4.79 Å². The van der Waals surface area contributed by atoms with Crippen molar-refractivity contribution in [3.63, 3.8) is 0 Å². The zero-order valence-corrected chi connectivity index (χ0v) is 16.8. The van der Waals surface area contributed by atoms with Crippen molar-refractivity contribution in [1.82, 2.24) is 0 Å². The number of hydrogen-bond donors (Lipinski definition) is 1. The lowest BCUT2D eigenvalue weighted by Gasteiger charge is -2.26. The summed E-state index contributed by atoms with van der Waals surface area (Å²) in [5.74, 6) is 1.67. The van der Waals surface area contributed by atoms with E-state index in [4.69, 9.17) is 18.9 Å². The SMILES string of the molecule is C=C(C)[C@H]1Cc2c(ccc(C(=O)[C@@H]3CCOc4cc(OC)c(OC)cc43)c2O)O1. The maximum Gasteiger partial charge on any atom is 0.174 e. The summed E-state index contributed by atoms with van der Waals surface area (Å²) in [6.07, 6.45) is 0.845. The lowest BCUT2D eigenvalue weighted by atomic mass is 9.85. The molecule has 0 fully saturated rings. The highest BCUT2D eigenvalue weighted by molar-refractivity contribution is 6.04. The predicted octanol–water partition coefficient (Wildman–Crippen LogP) is 4.04. The van der Waals surface area contributed by atoms with Gasteiger partial charge in [-0.1, -0.05) is 6.58 Å². The van der Waals surface area contributed by atoms with Crippen LogP contribution in [0, 0.1) is 0 Å². The van der Waals surface area contributed by atoms with Crippen LogP contribution in [-0.2, 0) is 6.42 Å². The van der Waals surface area contributed by atoms with Gasteiger partial charge in [0.25, 0.3) is 0 Å². The quantitative estimate of drug-likeness (QED) is 0.607. The minimum absolute atomic E-state index is 0.00947. The van der Waals surface area contributed by atoms with Gasteiger partial charge in [0.1, 0.15) is 23.4 Å². The lowest BCUT2D eigenvalue weighted by molar-refractivity contribution is 0.0930. The number of fused-ring (bicyclic) bond motifs is 2. The summed E-state index contributed by atoms with van der Waals surface area (Å²) in [4.78, 5) is 13.4. The molecule has 0 saturated carbocycles. The van der Waals surface area contributed by atoms with Crippen molar-refractivity contribution in [3.8, 4) is 28.7 Å². The first-order chi connectivity index (χ1) is 13.9. The van der Waals surface area contributed by atoms with Crippen LogP contribution in [0.15, 0.2) is 36.4 Å². The molecule has 6 nitrogen and oxygen atoms in total. The number of ketones is 1. The number of carbonyl (C=O) groups is 1. The van der Waals surface area contributed by atoms with E-state index in [1.54, 1.807) is 38.5 Å². The van der Waals surface area contributed by atoms with Gasteiger partial charge in [-0.15, -0.1) is 0 Å². The van der Waals surface area contributed by atoms with Gasteiger partial charge in [-0.25, -0.2) is 0 Å². The zero-order chi connectivity index (χ0) is 20.7. The van der Waals surface area contributed by atoms with Crippen LogP contribution in [0.3, 0.4) is 0 Å². The van der Waals surface area contributed by atoms with Gasteiger partial charge in [-0.05, 0) is 37.1 Å². The van der Waals surface area contributed by atoms with Gasteiger partial charge in [0.2, 0.25) is 0 Å². The molecule has 0 aromatic heterocycles. The molecular weight excluding hydrogens is 372 g/mol. The third kappa shape index (κ3) is 3.18. The van der Waals surface area contributed by atoms with Gasteiger partial charge in [0, 0.05) is 23.6 Å². The van der Waals surface area contributed by atoms with Gasteiger partial charge < -0.3 is 24.1 Å². The number of phenols is 1. The smallest absolute Gasteiger partial charge is 0.174 e. The van der Waals surface area contributed by atoms with E-state index in [2.05, 4.69) is 6.58 Å². The normalized spacial score (nSPS) is 19.4. The fraction of sp³-hybridized carbons (Fsp3) is 0.348. The largest absolute Gasteiger partial charge is 0.507 e. The van der Waals surface area contributed by atoms with E-state index >= 15 is 0 Å². The van der Waals surface area contributed by atoms with Gasteiger partial charge in [0.05, 0.1) is 32.3 Å². The maximum atomic E-state index is 13.4. The van der Waals surface area contributed by atoms with Crippen molar-refractivity contribution in [1.29, 1.82) is 0 Å². The van der Waals surface area contributed by atoms with Crippen molar-refractivity contribution < 1.29 is 28.8 Å². The number of carbonyl (C=O) groups excluding carboxylic acids is 1. The molecule has 0 spiro atoms. The third-order valence-corrected chi connectivity index (χ3v) is 5.59. The van der Waals surface area contributed by atoms with E-state index in [9.17, 15) is 9.90 Å². The molecule has 0 aliphatic carbocycles. The Morgan fingerprint density at radius 2 is 1.90 bits per heavy atom. The van der Waals surface area contributed by atoms with E-state index < -0.39 is 5.92 Å². The molecule has 0 saturated heterocycles. The van der Waals surface area contributed by atoms with Crippen LogP contribution in [0.2, 0.25) is 0 Å². The summed E-state index contributed by atoms with van der Waals surface area (Å²) in [6.45, 7) is 6.22. The summed E-state index contributed by atoms with van der Waals surface area (Å²) in [7, 11) is 3.10. The molecule has 0 unspecified atom stereocenters. The molecule has 0 radical (unpaired) electrons. The molecule has 2 heterocycles. The average molecular weight is 396 g/mol. The fourth-order valence-electron chi connectivity index (χ4n) is 3.96. The Morgan fingerprint density at radius 1 is 1.17 bits per heavy atom. The van der Waals surface area contributed by atoms with Crippen molar-refractivity contribution >= 4 is 5.78 Å². The minimum Gasteiger partial charge on any atom is -0.507 e. The van der Waals surface area contributed by atoms with Crippen molar-refractivity contribution in [2.45, 2.75) is 31.8 Å². The predicted molar refractivity (Wildman–Crippen MR) is 108 cm³/mol. The van der Waals surface area contributed by atoms with Crippen LogP contribution in [0.25, 0.3) is 0 Å². The summed E-state index contributed by atoms with van der Waals surface area (Å²) in [5.41, 5.74) is 2.56. The standard InChI is InChI=1S/C23H24O6/c1-12(2)18-10-16-17(29-18)6-5-14(23(16)25)22(24)13-7-8-28-19-11-21(27-4)20(26-3)9-15(13)19/h5-6,9,11,13,18,25H,1,7-8,10H2,2-4H3/t13-,18-/m1/s1. The van der Waals surface area contributed by atoms with Crippen LogP contribution < -0.4 is 18.9 Å². The van der Waals surface area contributed by atoms with E-state index in [-0.39, 0.29) is 17.6 Å². The molecular formula is C23H24O6. The molecule has 4 rings (SSSR count). The molecule has 2 aromatic rings. The molecule has 0 amide bonds. The van der Waals surface area contributed by atoms with Crippen molar-refractivity contribution in [2.24, 2.45) is 0 Å². The molecule has 2 aliphatic heterocycles. The molecule has 2 atom stereocenters. The van der Waals surface area contributed by atoms with Crippen molar-refractivity contribution in [3.05, 3.63) is 53.1 Å². The maximum absolute atomic E-state index is 13.4. The monoisotopic (exact) mass is 396 g/mol. The number of aromatic hydroxyl groups is 1. The molecule has 2 aromatic carbocycles. The number of ether oxygens (including phenoxy) is 4. The topological polar surface area (TPSA) is 74.2 Å². The number of methoxy groups -OCH3 is 2. The van der Waals surface area contributed by atoms with E-state index in [1.165, 1.54) is 0 Å². The van der Waals surface area contributed by atoms with Gasteiger partial charge in [-0.2, -0.15) is 0 Å². The highest BCUT2D eigenvalue weighted by Crippen LogP contribution is 2.45. The minimum atomic E-state index is -0.443. The average Bonchev–Trinajstić information content (AvgIpc) is 3.17. The highest BCUT2D eigenvalue weighted by Gasteiger charge is 2.34. The third-order valence-electron chi connectivity index (χ3n) is 5.59. The Morgan fingerprint density at radius 3 is 2.59 bits per heavy atom. The van der Waals surface area contributed by atoms with Gasteiger partial charge >= 0.3 is 0 Å². The molecule has 152 valence electrons. The zero-order valence-electron chi connectivity index (χ0n) is 16.8. The summed E-state index contributed by atoms with van der Waals surface area (Å²) in [6, 6.07) is 6.90. The Hall–Kier alpha value is -3.15. The number of phenolic OH excluding ortho intramolecular Hbond substituents is 1. The second kappa shape index (κ2) is 7.35. The lowest BCUT2D eigenvalue weighted by Crippen LogP contribution is -2.22. The second-order valence-corrected chi connectivity index (χ2v) is 7.39. The Balaban J connectivity index is 1.71. The summed E-state index contributed by atoms with van der Waals surface area (Å²) < 4.78 is 22.3. The van der Waals surface area contributed by atoms with E-state index in [0.29, 0.717) is 53.6 Å². The first-order valence-corrected chi connectivity index (χ1v) is 9.54. The van der Waals surface area contributed by atoms with Crippen LogP contribution >= 0.6 is 0 Å². The van der Waals surface area contributed by atoms with Crippen LogP contribution in [0.1, 0.15) is 40.7 Å². The Labute approximate surface area is 169 Å². The van der Waals surface area contributed by atoms with E-state index in [0.717, 1.165) is 11.1 Å². The second-order valence-electron chi connectivity index (χ2n) is 7.39.